The summed E-state index contributed by atoms with van der Waals surface area (Å²) in [5, 5.41) is 4.19. The van der Waals surface area contributed by atoms with Gasteiger partial charge in [-0.15, -0.1) is 0 Å². The van der Waals surface area contributed by atoms with E-state index in [0.29, 0.717) is 6.04 Å². The number of ether oxygens (including phenoxy) is 1. The van der Waals surface area contributed by atoms with E-state index in [1.54, 1.807) is 18.9 Å². The molecule has 0 aliphatic rings. The molecule has 0 spiro atoms. The van der Waals surface area contributed by atoms with Crippen molar-refractivity contribution in [2.24, 2.45) is 0 Å². The Morgan fingerprint density at radius 2 is 1.76 bits per heavy atom. The summed E-state index contributed by atoms with van der Waals surface area (Å²) in [6, 6.07) is 14.7. The molecule has 2 aromatic rings. The second-order valence-electron chi connectivity index (χ2n) is 5.07. The van der Waals surface area contributed by atoms with E-state index in [1.807, 2.05) is 30.3 Å². The van der Waals surface area contributed by atoms with Gasteiger partial charge in [-0.25, -0.2) is 0 Å². The molecule has 2 nitrogen and oxygen atoms in total. The van der Waals surface area contributed by atoms with Crippen molar-refractivity contribution in [1.82, 2.24) is 5.32 Å². The molecule has 0 aliphatic heterocycles. The Labute approximate surface area is 135 Å². The lowest BCUT2D eigenvalue weighted by molar-refractivity contribution is 0.414. The zero-order valence-electron chi connectivity index (χ0n) is 12.5. The second-order valence-corrected chi connectivity index (χ2v) is 6.62. The zero-order valence-corrected chi connectivity index (χ0v) is 14.1. The van der Waals surface area contributed by atoms with Crippen LogP contribution in [0.5, 0.6) is 5.75 Å². The van der Waals surface area contributed by atoms with Crippen LogP contribution in [0, 0.1) is 0 Å². The van der Waals surface area contributed by atoms with Gasteiger partial charge in [0.05, 0.1) is 7.11 Å². The highest BCUT2D eigenvalue weighted by atomic mass is 35.5. The average Bonchev–Trinajstić information content (AvgIpc) is 2.47. The summed E-state index contributed by atoms with van der Waals surface area (Å²) in [4.78, 5) is 2.30. The minimum atomic E-state index is 0.453. The fourth-order valence-corrected chi connectivity index (χ4v) is 3.00. The van der Waals surface area contributed by atoms with Crippen molar-refractivity contribution in [2.45, 2.75) is 36.2 Å². The summed E-state index contributed by atoms with van der Waals surface area (Å²) in [5.74, 6) is 0.868. The number of hydrogen-bond acceptors (Lipinski definition) is 3. The van der Waals surface area contributed by atoms with E-state index in [0.717, 1.165) is 27.8 Å². The first-order chi connectivity index (χ1) is 10.1. The predicted molar refractivity (Wildman–Crippen MR) is 90.5 cm³/mol. The lowest BCUT2D eigenvalue weighted by Crippen LogP contribution is -2.21. The molecule has 0 saturated heterocycles. The van der Waals surface area contributed by atoms with Gasteiger partial charge in [0.15, 0.2) is 0 Å². The Morgan fingerprint density at radius 1 is 1.10 bits per heavy atom. The number of nitrogens with one attached hydrogen (secondary N) is 1. The van der Waals surface area contributed by atoms with Crippen molar-refractivity contribution in [3.8, 4) is 5.75 Å². The van der Waals surface area contributed by atoms with E-state index in [2.05, 4.69) is 31.3 Å². The Morgan fingerprint density at radius 3 is 2.33 bits per heavy atom. The third kappa shape index (κ3) is 4.95. The maximum Gasteiger partial charge on any atom is 0.118 e. The SMILES string of the molecule is COc1ccc(Sc2ccc(CNC(C)C)c(Cl)c2)cc1. The number of rotatable bonds is 6. The molecule has 0 amide bonds. The Balaban J connectivity index is 2.05. The molecule has 0 unspecified atom stereocenters. The van der Waals surface area contributed by atoms with Crippen LogP contribution < -0.4 is 10.1 Å². The summed E-state index contributed by atoms with van der Waals surface area (Å²) >= 11 is 8.05. The Bertz CT molecular complexity index is 584. The lowest BCUT2D eigenvalue weighted by atomic mass is 10.2. The van der Waals surface area contributed by atoms with Crippen molar-refractivity contribution < 1.29 is 4.74 Å². The molecule has 1 N–H and O–H groups in total. The Hall–Kier alpha value is -1.16. The van der Waals surface area contributed by atoms with Gasteiger partial charge in [0.25, 0.3) is 0 Å². The maximum atomic E-state index is 6.35. The van der Waals surface area contributed by atoms with Gasteiger partial charge in [0.1, 0.15) is 5.75 Å². The highest BCUT2D eigenvalue weighted by Crippen LogP contribution is 2.31. The van der Waals surface area contributed by atoms with Crippen LogP contribution in [0.3, 0.4) is 0 Å². The minimum Gasteiger partial charge on any atom is -0.497 e. The van der Waals surface area contributed by atoms with Crippen LogP contribution >= 0.6 is 23.4 Å². The first-order valence-electron chi connectivity index (χ1n) is 6.92. The van der Waals surface area contributed by atoms with Gasteiger partial charge >= 0.3 is 0 Å². The van der Waals surface area contributed by atoms with Gasteiger partial charge in [0, 0.05) is 27.4 Å². The van der Waals surface area contributed by atoms with Crippen molar-refractivity contribution in [2.75, 3.05) is 7.11 Å². The van der Waals surface area contributed by atoms with Gasteiger partial charge < -0.3 is 10.1 Å². The molecule has 0 heterocycles. The van der Waals surface area contributed by atoms with Gasteiger partial charge in [-0.05, 0) is 42.0 Å². The first-order valence-corrected chi connectivity index (χ1v) is 8.11. The van der Waals surface area contributed by atoms with Gasteiger partial charge in [0.2, 0.25) is 0 Å². The number of hydrogen-bond donors (Lipinski definition) is 1. The molecular formula is C17H20ClNOS. The lowest BCUT2D eigenvalue weighted by Gasteiger charge is -2.11. The normalized spacial score (nSPS) is 10.9. The van der Waals surface area contributed by atoms with Crippen LogP contribution in [0.4, 0.5) is 0 Å². The largest absolute Gasteiger partial charge is 0.497 e. The van der Waals surface area contributed by atoms with E-state index in [1.165, 1.54) is 4.90 Å². The maximum absolute atomic E-state index is 6.35. The van der Waals surface area contributed by atoms with Crippen molar-refractivity contribution in [1.29, 1.82) is 0 Å². The summed E-state index contributed by atoms with van der Waals surface area (Å²) in [6.07, 6.45) is 0. The molecule has 112 valence electrons. The molecule has 4 heteroatoms. The van der Waals surface area contributed by atoms with Gasteiger partial charge in [-0.2, -0.15) is 0 Å². The van der Waals surface area contributed by atoms with Gasteiger partial charge in [-0.1, -0.05) is 43.3 Å². The molecule has 0 atom stereocenters. The standard InChI is InChI=1S/C17H20ClNOS/c1-12(2)19-11-13-4-7-16(10-17(13)18)21-15-8-5-14(20-3)6-9-15/h4-10,12,19H,11H2,1-3H3. The molecule has 0 fully saturated rings. The number of benzene rings is 2. The molecule has 0 bridgehead atoms. The number of halogens is 1. The van der Waals surface area contributed by atoms with Crippen molar-refractivity contribution in [3.63, 3.8) is 0 Å². The molecule has 0 radical (unpaired) electrons. The topological polar surface area (TPSA) is 21.3 Å². The van der Waals surface area contributed by atoms with Crippen LogP contribution in [0.25, 0.3) is 0 Å². The zero-order chi connectivity index (χ0) is 15.2. The molecular weight excluding hydrogens is 302 g/mol. The van der Waals surface area contributed by atoms with E-state index in [9.17, 15) is 0 Å². The van der Waals surface area contributed by atoms with Gasteiger partial charge in [-0.3, -0.25) is 0 Å². The third-order valence-corrected chi connectivity index (χ3v) is 4.37. The van der Waals surface area contributed by atoms with Crippen molar-refractivity contribution >= 4 is 23.4 Å². The first kappa shape index (κ1) is 16.2. The van der Waals surface area contributed by atoms with Crippen LogP contribution in [0.2, 0.25) is 5.02 Å². The molecule has 2 rings (SSSR count). The summed E-state index contributed by atoms with van der Waals surface area (Å²) < 4.78 is 5.16. The van der Waals surface area contributed by atoms with Crippen LogP contribution in [0.1, 0.15) is 19.4 Å². The molecule has 0 aliphatic carbocycles. The minimum absolute atomic E-state index is 0.453. The third-order valence-electron chi connectivity index (χ3n) is 3.02. The fourth-order valence-electron chi connectivity index (χ4n) is 1.83. The van der Waals surface area contributed by atoms with Crippen LogP contribution in [0.15, 0.2) is 52.3 Å². The smallest absolute Gasteiger partial charge is 0.118 e. The molecule has 2 aromatic carbocycles. The average molecular weight is 322 g/mol. The van der Waals surface area contributed by atoms with E-state index in [-0.39, 0.29) is 0 Å². The Kier molecular flexibility index (Phi) is 5.97. The van der Waals surface area contributed by atoms with E-state index < -0.39 is 0 Å². The second kappa shape index (κ2) is 7.74. The summed E-state index contributed by atoms with van der Waals surface area (Å²) in [5.41, 5.74) is 1.13. The summed E-state index contributed by atoms with van der Waals surface area (Å²) in [6.45, 7) is 5.05. The highest BCUT2D eigenvalue weighted by molar-refractivity contribution is 7.99. The fraction of sp³-hybridized carbons (Fsp3) is 0.294. The highest BCUT2D eigenvalue weighted by Gasteiger charge is 2.04. The predicted octanol–water partition coefficient (Wildman–Crippen LogP) is 5.00. The molecule has 0 aromatic heterocycles. The van der Waals surface area contributed by atoms with E-state index in [4.69, 9.17) is 16.3 Å². The monoisotopic (exact) mass is 321 g/mol. The van der Waals surface area contributed by atoms with Crippen LogP contribution in [-0.4, -0.2) is 13.2 Å². The summed E-state index contributed by atoms with van der Waals surface area (Å²) in [7, 11) is 1.67. The van der Waals surface area contributed by atoms with E-state index >= 15 is 0 Å². The van der Waals surface area contributed by atoms with Crippen molar-refractivity contribution in [3.05, 3.63) is 53.1 Å². The van der Waals surface area contributed by atoms with Crippen LogP contribution in [-0.2, 0) is 6.54 Å². The quantitative estimate of drug-likeness (QED) is 0.809. The molecule has 0 saturated carbocycles. The molecule has 21 heavy (non-hydrogen) atoms. The number of methoxy groups -OCH3 is 1.